The first-order valence-corrected chi connectivity index (χ1v) is 7.88. The lowest BCUT2D eigenvalue weighted by Gasteiger charge is -2.09. The Morgan fingerprint density at radius 2 is 2.21 bits per heavy atom. The van der Waals surface area contributed by atoms with Crippen LogP contribution < -0.4 is 5.73 Å². The van der Waals surface area contributed by atoms with Crippen LogP contribution >= 0.6 is 27.7 Å². The maximum absolute atomic E-state index is 5.99. The van der Waals surface area contributed by atoms with Crippen LogP contribution in [0.3, 0.4) is 0 Å². The number of halogens is 1. The van der Waals surface area contributed by atoms with E-state index in [1.54, 1.807) is 18.1 Å². The average Bonchev–Trinajstić information content (AvgIpc) is 2.74. The molecule has 0 spiro atoms. The quantitative estimate of drug-likeness (QED) is 0.667. The Bertz CT molecular complexity index is 553. The summed E-state index contributed by atoms with van der Waals surface area (Å²) in [6.45, 7) is 5.24. The summed E-state index contributed by atoms with van der Waals surface area (Å²) in [5.74, 6) is 2.32. The summed E-state index contributed by atoms with van der Waals surface area (Å²) in [5, 5.41) is 4.26. The van der Waals surface area contributed by atoms with Gasteiger partial charge in [0.1, 0.15) is 12.2 Å². The second-order valence-electron chi connectivity index (χ2n) is 4.72. The van der Waals surface area contributed by atoms with Crippen molar-refractivity contribution in [3.63, 3.8) is 0 Å². The number of rotatable bonds is 5. The highest BCUT2D eigenvalue weighted by molar-refractivity contribution is 9.10. The molecule has 0 fully saturated rings. The molecule has 1 aromatic carbocycles. The van der Waals surface area contributed by atoms with E-state index in [0.29, 0.717) is 5.92 Å². The number of nitrogens with zero attached hydrogens (tertiary/aromatic N) is 3. The van der Waals surface area contributed by atoms with Gasteiger partial charge in [0.2, 0.25) is 0 Å². The number of hydrogen-bond donors (Lipinski definition) is 1. The van der Waals surface area contributed by atoms with Crippen LogP contribution in [0.5, 0.6) is 0 Å². The standard InChI is InChI=1S/C13H17BrN4S/c1-9(2)6-18-13(16-8-17-18)7-19-12-4-3-10(14)5-11(12)15/h3-5,8-9H,6-7,15H2,1-2H3. The second-order valence-corrected chi connectivity index (χ2v) is 6.66. The summed E-state index contributed by atoms with van der Waals surface area (Å²) in [5.41, 5.74) is 6.77. The molecule has 0 radical (unpaired) electrons. The molecule has 102 valence electrons. The maximum Gasteiger partial charge on any atom is 0.138 e. The summed E-state index contributed by atoms with van der Waals surface area (Å²) >= 11 is 5.09. The lowest BCUT2D eigenvalue weighted by atomic mass is 10.2. The van der Waals surface area contributed by atoms with Crippen LogP contribution in [0.25, 0.3) is 0 Å². The van der Waals surface area contributed by atoms with Gasteiger partial charge in [0.25, 0.3) is 0 Å². The van der Waals surface area contributed by atoms with Crippen molar-refractivity contribution in [3.8, 4) is 0 Å². The molecular formula is C13H17BrN4S. The third kappa shape index (κ3) is 3.98. The third-order valence-corrected chi connectivity index (χ3v) is 4.14. The molecule has 0 aliphatic rings. The van der Waals surface area contributed by atoms with Gasteiger partial charge in [0.15, 0.2) is 0 Å². The highest BCUT2D eigenvalue weighted by Gasteiger charge is 2.08. The molecular weight excluding hydrogens is 324 g/mol. The SMILES string of the molecule is CC(C)Cn1ncnc1CSc1ccc(Br)cc1N. The van der Waals surface area contributed by atoms with Crippen LogP contribution in [0.2, 0.25) is 0 Å². The largest absolute Gasteiger partial charge is 0.398 e. The van der Waals surface area contributed by atoms with E-state index < -0.39 is 0 Å². The predicted molar refractivity (Wildman–Crippen MR) is 83.0 cm³/mol. The van der Waals surface area contributed by atoms with Gasteiger partial charge in [-0.2, -0.15) is 5.10 Å². The summed E-state index contributed by atoms with van der Waals surface area (Å²) < 4.78 is 2.96. The highest BCUT2D eigenvalue weighted by Crippen LogP contribution is 2.29. The highest BCUT2D eigenvalue weighted by atomic mass is 79.9. The fourth-order valence-electron chi connectivity index (χ4n) is 1.69. The fraction of sp³-hybridized carbons (Fsp3) is 0.385. The van der Waals surface area contributed by atoms with Gasteiger partial charge in [0, 0.05) is 21.6 Å². The Balaban J connectivity index is 2.04. The average molecular weight is 341 g/mol. The van der Waals surface area contributed by atoms with Crippen LogP contribution in [-0.4, -0.2) is 14.8 Å². The van der Waals surface area contributed by atoms with Crippen molar-refractivity contribution in [2.75, 3.05) is 5.73 Å². The van der Waals surface area contributed by atoms with E-state index in [-0.39, 0.29) is 0 Å². The number of anilines is 1. The minimum absolute atomic E-state index is 0.559. The Morgan fingerprint density at radius 3 is 2.89 bits per heavy atom. The van der Waals surface area contributed by atoms with Gasteiger partial charge < -0.3 is 5.73 Å². The van der Waals surface area contributed by atoms with Crippen molar-refractivity contribution in [2.24, 2.45) is 5.92 Å². The van der Waals surface area contributed by atoms with Gasteiger partial charge in [-0.15, -0.1) is 11.8 Å². The lowest BCUT2D eigenvalue weighted by Crippen LogP contribution is -2.09. The number of thioether (sulfide) groups is 1. The zero-order valence-electron chi connectivity index (χ0n) is 11.0. The van der Waals surface area contributed by atoms with Crippen molar-refractivity contribution < 1.29 is 0 Å². The number of aromatic nitrogens is 3. The Labute approximate surface area is 125 Å². The van der Waals surface area contributed by atoms with Gasteiger partial charge in [-0.1, -0.05) is 29.8 Å². The van der Waals surface area contributed by atoms with E-state index in [0.717, 1.165) is 33.2 Å². The molecule has 19 heavy (non-hydrogen) atoms. The molecule has 2 N–H and O–H groups in total. The minimum Gasteiger partial charge on any atom is -0.398 e. The molecule has 1 heterocycles. The summed E-state index contributed by atoms with van der Waals surface area (Å²) in [7, 11) is 0. The van der Waals surface area contributed by atoms with Crippen molar-refractivity contribution in [2.45, 2.75) is 31.0 Å². The van der Waals surface area contributed by atoms with E-state index >= 15 is 0 Å². The maximum atomic E-state index is 5.99. The third-order valence-electron chi connectivity index (χ3n) is 2.56. The number of nitrogens with two attached hydrogens (primary N) is 1. The molecule has 0 aliphatic heterocycles. The normalized spacial score (nSPS) is 11.2. The number of hydrogen-bond acceptors (Lipinski definition) is 4. The van der Waals surface area contributed by atoms with Crippen molar-refractivity contribution in [1.82, 2.24) is 14.8 Å². The smallest absolute Gasteiger partial charge is 0.138 e. The van der Waals surface area contributed by atoms with Crippen molar-refractivity contribution in [1.29, 1.82) is 0 Å². The molecule has 0 aliphatic carbocycles. The molecule has 0 saturated carbocycles. The van der Waals surface area contributed by atoms with E-state index in [9.17, 15) is 0 Å². The van der Waals surface area contributed by atoms with Crippen LogP contribution in [0.1, 0.15) is 19.7 Å². The minimum atomic E-state index is 0.559. The molecule has 0 bridgehead atoms. The molecule has 2 rings (SSSR count). The van der Waals surface area contributed by atoms with E-state index in [1.165, 1.54) is 0 Å². The van der Waals surface area contributed by atoms with Gasteiger partial charge in [-0.3, -0.25) is 0 Å². The molecule has 6 heteroatoms. The van der Waals surface area contributed by atoms with Gasteiger partial charge >= 0.3 is 0 Å². The van der Waals surface area contributed by atoms with Crippen LogP contribution in [-0.2, 0) is 12.3 Å². The topological polar surface area (TPSA) is 56.7 Å². The molecule has 1 aromatic heterocycles. The van der Waals surface area contributed by atoms with Gasteiger partial charge in [-0.05, 0) is 24.1 Å². The first-order chi connectivity index (χ1) is 9.06. The molecule has 4 nitrogen and oxygen atoms in total. The summed E-state index contributed by atoms with van der Waals surface area (Å²) in [6.07, 6.45) is 1.61. The number of nitrogen functional groups attached to an aromatic ring is 1. The molecule has 0 amide bonds. The molecule has 0 unspecified atom stereocenters. The molecule has 0 atom stereocenters. The Morgan fingerprint density at radius 1 is 1.42 bits per heavy atom. The van der Waals surface area contributed by atoms with E-state index in [1.807, 2.05) is 22.9 Å². The number of benzene rings is 1. The summed E-state index contributed by atoms with van der Waals surface area (Å²) in [6, 6.07) is 5.94. The summed E-state index contributed by atoms with van der Waals surface area (Å²) in [4.78, 5) is 5.38. The fourth-order valence-corrected chi connectivity index (χ4v) is 2.97. The Hall–Kier alpha value is -1.01. The van der Waals surface area contributed by atoms with Crippen molar-refractivity contribution >= 4 is 33.4 Å². The zero-order valence-corrected chi connectivity index (χ0v) is 13.4. The second kappa shape index (κ2) is 6.43. The predicted octanol–water partition coefficient (Wildman–Crippen LogP) is 3.57. The van der Waals surface area contributed by atoms with Gasteiger partial charge in [0.05, 0.1) is 5.75 Å². The lowest BCUT2D eigenvalue weighted by molar-refractivity contribution is 0.472. The van der Waals surface area contributed by atoms with E-state index in [4.69, 9.17) is 5.73 Å². The van der Waals surface area contributed by atoms with Crippen LogP contribution in [0.15, 0.2) is 33.9 Å². The first kappa shape index (κ1) is 14.4. The zero-order chi connectivity index (χ0) is 13.8. The van der Waals surface area contributed by atoms with Gasteiger partial charge in [-0.25, -0.2) is 9.67 Å². The van der Waals surface area contributed by atoms with Crippen LogP contribution in [0, 0.1) is 5.92 Å². The molecule has 0 saturated heterocycles. The first-order valence-electron chi connectivity index (χ1n) is 6.10. The van der Waals surface area contributed by atoms with Crippen LogP contribution in [0.4, 0.5) is 5.69 Å². The Kier molecular flexibility index (Phi) is 4.87. The monoisotopic (exact) mass is 340 g/mol. The van der Waals surface area contributed by atoms with Crippen molar-refractivity contribution in [3.05, 3.63) is 34.8 Å². The molecule has 2 aromatic rings. The van der Waals surface area contributed by atoms with E-state index in [2.05, 4.69) is 39.9 Å².